The van der Waals surface area contributed by atoms with E-state index in [1.165, 1.54) is 11.8 Å². The summed E-state index contributed by atoms with van der Waals surface area (Å²) in [5.74, 6) is -0.0720. The Bertz CT molecular complexity index is 632. The molecule has 1 atom stereocenters. The van der Waals surface area contributed by atoms with Crippen molar-refractivity contribution < 1.29 is 4.79 Å². The summed E-state index contributed by atoms with van der Waals surface area (Å²) in [6.45, 7) is 5.65. The van der Waals surface area contributed by atoms with Crippen LogP contribution in [0.1, 0.15) is 18.3 Å². The highest BCUT2D eigenvalue weighted by Crippen LogP contribution is 2.23. The van der Waals surface area contributed by atoms with Crippen LogP contribution in [0.5, 0.6) is 0 Å². The molecule has 1 amide bonds. The van der Waals surface area contributed by atoms with Crippen LogP contribution < -0.4 is 5.32 Å². The fraction of sp³-hybridized carbons (Fsp3) is 0.500. The van der Waals surface area contributed by atoms with Crippen molar-refractivity contribution in [1.82, 2.24) is 24.5 Å². The number of thioether (sulfide) groups is 1. The smallest absolute Gasteiger partial charge is 0.237 e. The Morgan fingerprint density at radius 3 is 2.60 bits per heavy atom. The van der Waals surface area contributed by atoms with Crippen LogP contribution in [0.15, 0.2) is 11.5 Å². The number of carbonyl (C=O) groups excluding carboxylic acids is 1. The number of aromatic nitrogens is 5. The van der Waals surface area contributed by atoms with E-state index in [-0.39, 0.29) is 11.2 Å². The first-order valence-electron chi connectivity index (χ1n) is 6.22. The maximum absolute atomic E-state index is 12.2. The van der Waals surface area contributed by atoms with E-state index in [0.29, 0.717) is 5.16 Å². The third-order valence-corrected chi connectivity index (χ3v) is 4.23. The van der Waals surface area contributed by atoms with Gasteiger partial charge < -0.3 is 9.88 Å². The fourth-order valence-corrected chi connectivity index (χ4v) is 2.56. The van der Waals surface area contributed by atoms with E-state index in [4.69, 9.17) is 0 Å². The van der Waals surface area contributed by atoms with E-state index in [0.717, 1.165) is 17.1 Å². The minimum Gasteiger partial charge on any atom is -0.322 e. The summed E-state index contributed by atoms with van der Waals surface area (Å²) in [6, 6.07) is 0. The summed E-state index contributed by atoms with van der Waals surface area (Å²) >= 11 is 1.37. The number of hydrogen-bond donors (Lipinski definition) is 1. The van der Waals surface area contributed by atoms with Gasteiger partial charge in [-0.2, -0.15) is 5.10 Å². The monoisotopic (exact) mass is 294 g/mol. The van der Waals surface area contributed by atoms with Gasteiger partial charge in [-0.15, -0.1) is 10.2 Å². The van der Waals surface area contributed by atoms with Gasteiger partial charge in [0.2, 0.25) is 5.91 Å². The lowest BCUT2D eigenvalue weighted by Crippen LogP contribution is -2.23. The van der Waals surface area contributed by atoms with E-state index < -0.39 is 0 Å². The van der Waals surface area contributed by atoms with Crippen LogP contribution >= 0.6 is 11.8 Å². The molecule has 0 bridgehead atoms. The molecule has 20 heavy (non-hydrogen) atoms. The molecule has 0 aliphatic rings. The van der Waals surface area contributed by atoms with Gasteiger partial charge in [-0.3, -0.25) is 9.48 Å². The summed E-state index contributed by atoms with van der Waals surface area (Å²) in [5.41, 5.74) is 2.53. The topological polar surface area (TPSA) is 77.6 Å². The molecule has 0 spiro atoms. The van der Waals surface area contributed by atoms with Gasteiger partial charge in [0.25, 0.3) is 0 Å². The van der Waals surface area contributed by atoms with Crippen molar-refractivity contribution in [2.75, 3.05) is 5.32 Å². The van der Waals surface area contributed by atoms with Crippen LogP contribution in [-0.4, -0.2) is 35.7 Å². The maximum atomic E-state index is 12.2. The Hall–Kier alpha value is -1.83. The number of rotatable bonds is 4. The summed E-state index contributed by atoms with van der Waals surface area (Å²) in [6.07, 6.45) is 1.61. The summed E-state index contributed by atoms with van der Waals surface area (Å²) < 4.78 is 3.54. The lowest BCUT2D eigenvalue weighted by molar-refractivity contribution is -0.115. The molecule has 2 rings (SSSR count). The first-order valence-corrected chi connectivity index (χ1v) is 7.09. The normalized spacial score (nSPS) is 12.4. The molecule has 2 aromatic rings. The Balaban J connectivity index is 2.06. The molecule has 8 heteroatoms. The summed E-state index contributed by atoms with van der Waals surface area (Å²) in [4.78, 5) is 12.2. The van der Waals surface area contributed by atoms with Crippen molar-refractivity contribution in [1.29, 1.82) is 0 Å². The molecule has 0 aliphatic heterocycles. The van der Waals surface area contributed by atoms with Gasteiger partial charge in [-0.05, 0) is 20.8 Å². The summed E-state index contributed by atoms with van der Waals surface area (Å²) in [7, 11) is 3.71. The predicted octanol–water partition coefficient (Wildman–Crippen LogP) is 1.28. The number of anilines is 1. The van der Waals surface area contributed by atoms with Crippen LogP contribution in [0.3, 0.4) is 0 Å². The second-order valence-corrected chi connectivity index (χ2v) is 5.95. The third kappa shape index (κ3) is 2.84. The SMILES string of the molecule is Cc1nn(C)c(C)c1NC(=O)[C@@H](C)Sc1nncn1C. The van der Waals surface area contributed by atoms with Crippen molar-refractivity contribution in [2.45, 2.75) is 31.2 Å². The van der Waals surface area contributed by atoms with Gasteiger partial charge in [0.15, 0.2) is 5.16 Å². The zero-order valence-electron chi connectivity index (χ0n) is 12.2. The van der Waals surface area contributed by atoms with Crippen LogP contribution in [-0.2, 0) is 18.9 Å². The van der Waals surface area contributed by atoms with E-state index in [9.17, 15) is 4.79 Å². The van der Waals surface area contributed by atoms with Gasteiger partial charge in [0.05, 0.1) is 22.3 Å². The molecule has 0 fully saturated rings. The van der Waals surface area contributed by atoms with E-state index in [1.54, 1.807) is 15.6 Å². The third-order valence-electron chi connectivity index (χ3n) is 3.08. The minimum atomic E-state index is -0.267. The second kappa shape index (κ2) is 5.66. The molecule has 0 aromatic carbocycles. The number of hydrogen-bond acceptors (Lipinski definition) is 5. The maximum Gasteiger partial charge on any atom is 0.237 e. The molecule has 2 aromatic heterocycles. The average Bonchev–Trinajstić information content (AvgIpc) is 2.89. The van der Waals surface area contributed by atoms with Crippen LogP contribution in [0, 0.1) is 13.8 Å². The largest absolute Gasteiger partial charge is 0.322 e. The van der Waals surface area contributed by atoms with Gasteiger partial charge in [-0.25, -0.2) is 0 Å². The van der Waals surface area contributed by atoms with Gasteiger partial charge in [-0.1, -0.05) is 11.8 Å². The predicted molar refractivity (Wildman–Crippen MR) is 77.6 cm³/mol. The van der Waals surface area contributed by atoms with E-state index >= 15 is 0 Å². The highest BCUT2D eigenvalue weighted by molar-refractivity contribution is 8.00. The molecule has 0 saturated heterocycles. The Labute approximate surface area is 121 Å². The quantitative estimate of drug-likeness (QED) is 0.860. The minimum absolute atomic E-state index is 0.0720. The second-order valence-electron chi connectivity index (χ2n) is 4.64. The fourth-order valence-electron chi connectivity index (χ4n) is 1.77. The number of nitrogens with one attached hydrogen (secondary N) is 1. The van der Waals surface area contributed by atoms with Gasteiger partial charge >= 0.3 is 0 Å². The molecule has 0 saturated carbocycles. The average molecular weight is 294 g/mol. The van der Waals surface area contributed by atoms with Crippen molar-refractivity contribution in [3.05, 3.63) is 17.7 Å². The van der Waals surface area contributed by atoms with Crippen molar-refractivity contribution >= 4 is 23.4 Å². The molecule has 2 heterocycles. The molecule has 0 unspecified atom stereocenters. The number of carbonyl (C=O) groups is 1. The standard InChI is InChI=1S/C12H18N6OS/c1-7-10(8(2)18(5)16-7)14-11(19)9(3)20-12-15-13-6-17(12)4/h6,9H,1-5H3,(H,14,19)/t9-/m1/s1. The molecule has 0 aliphatic carbocycles. The summed E-state index contributed by atoms with van der Waals surface area (Å²) in [5, 5.41) is 15.4. The van der Waals surface area contributed by atoms with Crippen LogP contribution in [0.25, 0.3) is 0 Å². The zero-order chi connectivity index (χ0) is 14.9. The van der Waals surface area contributed by atoms with Gasteiger partial charge in [0, 0.05) is 14.1 Å². The molecular formula is C12H18N6OS. The Kier molecular flexibility index (Phi) is 4.12. The Morgan fingerprint density at radius 1 is 1.40 bits per heavy atom. The van der Waals surface area contributed by atoms with Crippen molar-refractivity contribution in [3.63, 3.8) is 0 Å². The van der Waals surface area contributed by atoms with Crippen molar-refractivity contribution in [3.8, 4) is 0 Å². The number of amides is 1. The van der Waals surface area contributed by atoms with Crippen molar-refractivity contribution in [2.24, 2.45) is 14.1 Å². The lowest BCUT2D eigenvalue weighted by atomic mass is 10.3. The molecule has 1 N–H and O–H groups in total. The number of aryl methyl sites for hydroxylation is 3. The van der Waals surface area contributed by atoms with E-state index in [2.05, 4.69) is 20.6 Å². The highest BCUT2D eigenvalue weighted by Gasteiger charge is 2.20. The first kappa shape index (κ1) is 14.6. The lowest BCUT2D eigenvalue weighted by Gasteiger charge is -2.11. The highest BCUT2D eigenvalue weighted by atomic mass is 32.2. The molecule has 0 radical (unpaired) electrons. The van der Waals surface area contributed by atoms with Crippen LogP contribution in [0.2, 0.25) is 0 Å². The zero-order valence-corrected chi connectivity index (χ0v) is 13.0. The Morgan fingerprint density at radius 2 is 2.10 bits per heavy atom. The molecule has 7 nitrogen and oxygen atoms in total. The first-order chi connectivity index (χ1) is 9.40. The van der Waals surface area contributed by atoms with E-state index in [1.807, 2.05) is 34.9 Å². The van der Waals surface area contributed by atoms with Gasteiger partial charge in [0.1, 0.15) is 6.33 Å². The number of nitrogens with zero attached hydrogens (tertiary/aromatic N) is 5. The van der Waals surface area contributed by atoms with Crippen LogP contribution in [0.4, 0.5) is 5.69 Å². The molecular weight excluding hydrogens is 276 g/mol. The molecule has 108 valence electrons.